The molecular formula is C13H16FNO3. The van der Waals surface area contributed by atoms with Crippen molar-refractivity contribution in [1.29, 1.82) is 0 Å². The molecule has 2 unspecified atom stereocenters. The molecule has 1 aliphatic rings. The molecular weight excluding hydrogens is 237 g/mol. The highest BCUT2D eigenvalue weighted by molar-refractivity contribution is 5.73. The molecule has 1 saturated carbocycles. The number of halogens is 1. The Kier molecular flexibility index (Phi) is 3.41. The molecule has 18 heavy (non-hydrogen) atoms. The molecule has 98 valence electrons. The van der Waals surface area contributed by atoms with Gasteiger partial charge in [-0.15, -0.1) is 0 Å². The van der Waals surface area contributed by atoms with Crippen molar-refractivity contribution in [3.8, 4) is 5.75 Å². The summed E-state index contributed by atoms with van der Waals surface area (Å²) >= 11 is 0. The highest BCUT2D eigenvalue weighted by atomic mass is 19.1. The summed E-state index contributed by atoms with van der Waals surface area (Å²) in [6.45, 7) is 0.594. The number of hydrogen-bond donors (Lipinski definition) is 1. The van der Waals surface area contributed by atoms with Crippen molar-refractivity contribution < 1.29 is 19.0 Å². The second-order valence-corrected chi connectivity index (χ2v) is 4.64. The van der Waals surface area contributed by atoms with Crippen molar-refractivity contribution in [2.45, 2.75) is 6.42 Å². The van der Waals surface area contributed by atoms with Crippen LogP contribution in [-0.4, -0.2) is 31.8 Å². The maximum absolute atomic E-state index is 13.2. The fraction of sp³-hybridized carbons (Fsp3) is 0.462. The molecule has 1 aliphatic carbocycles. The summed E-state index contributed by atoms with van der Waals surface area (Å²) < 4.78 is 18.4. The Balaban J connectivity index is 2.07. The molecule has 5 heteroatoms. The number of nitrogens with zero attached hydrogens (tertiary/aromatic N) is 1. The maximum atomic E-state index is 13.2. The minimum Gasteiger partial charge on any atom is -0.495 e. The van der Waals surface area contributed by atoms with Gasteiger partial charge in [-0.1, -0.05) is 0 Å². The highest BCUT2D eigenvalue weighted by Crippen LogP contribution is 2.40. The van der Waals surface area contributed by atoms with Gasteiger partial charge in [0.05, 0.1) is 18.7 Å². The monoisotopic (exact) mass is 253 g/mol. The van der Waals surface area contributed by atoms with Crippen LogP contribution in [0.25, 0.3) is 0 Å². The molecule has 0 amide bonds. The number of carboxylic acid groups (broad SMARTS) is 1. The summed E-state index contributed by atoms with van der Waals surface area (Å²) in [6.07, 6.45) is 0.692. The zero-order chi connectivity index (χ0) is 13.3. The van der Waals surface area contributed by atoms with E-state index in [1.807, 2.05) is 11.9 Å². The van der Waals surface area contributed by atoms with Crippen molar-refractivity contribution in [3.63, 3.8) is 0 Å². The quantitative estimate of drug-likeness (QED) is 0.872. The minimum absolute atomic E-state index is 0.139. The SMILES string of the molecule is COc1ccc(F)cc1N(C)CC1CC1C(=O)O. The van der Waals surface area contributed by atoms with Crippen LogP contribution < -0.4 is 9.64 Å². The number of anilines is 1. The lowest BCUT2D eigenvalue weighted by Gasteiger charge is -2.21. The summed E-state index contributed by atoms with van der Waals surface area (Å²) in [6, 6.07) is 4.31. The lowest BCUT2D eigenvalue weighted by molar-refractivity contribution is -0.138. The van der Waals surface area contributed by atoms with Gasteiger partial charge in [-0.3, -0.25) is 4.79 Å². The zero-order valence-electron chi connectivity index (χ0n) is 10.4. The first kappa shape index (κ1) is 12.7. The van der Waals surface area contributed by atoms with Gasteiger partial charge in [-0.2, -0.15) is 0 Å². The first-order chi connectivity index (χ1) is 8.52. The topological polar surface area (TPSA) is 49.8 Å². The van der Waals surface area contributed by atoms with Crippen LogP contribution in [0.3, 0.4) is 0 Å². The van der Waals surface area contributed by atoms with Crippen molar-refractivity contribution in [2.75, 3.05) is 25.6 Å². The molecule has 4 nitrogen and oxygen atoms in total. The van der Waals surface area contributed by atoms with Crippen molar-refractivity contribution >= 4 is 11.7 Å². The molecule has 1 fully saturated rings. The van der Waals surface area contributed by atoms with Crippen LogP contribution in [-0.2, 0) is 4.79 Å². The number of benzene rings is 1. The maximum Gasteiger partial charge on any atom is 0.306 e. The molecule has 0 aliphatic heterocycles. The highest BCUT2D eigenvalue weighted by Gasteiger charge is 2.43. The normalized spacial score (nSPS) is 21.5. The smallest absolute Gasteiger partial charge is 0.306 e. The molecule has 1 aromatic rings. The van der Waals surface area contributed by atoms with Gasteiger partial charge in [0.2, 0.25) is 0 Å². The van der Waals surface area contributed by atoms with E-state index < -0.39 is 5.97 Å². The molecule has 0 bridgehead atoms. The summed E-state index contributed by atoms with van der Waals surface area (Å²) in [4.78, 5) is 12.6. The first-order valence-electron chi connectivity index (χ1n) is 5.80. The number of carbonyl (C=O) groups is 1. The summed E-state index contributed by atoms with van der Waals surface area (Å²) in [5.41, 5.74) is 0.647. The van der Waals surface area contributed by atoms with Gasteiger partial charge >= 0.3 is 5.97 Å². The Morgan fingerprint density at radius 2 is 2.33 bits per heavy atom. The van der Waals surface area contributed by atoms with Crippen molar-refractivity contribution in [3.05, 3.63) is 24.0 Å². The van der Waals surface area contributed by atoms with Gasteiger partial charge in [0.15, 0.2) is 0 Å². The zero-order valence-corrected chi connectivity index (χ0v) is 10.4. The molecule has 1 N–H and O–H groups in total. The fourth-order valence-electron chi connectivity index (χ4n) is 2.16. The van der Waals surface area contributed by atoms with Gasteiger partial charge in [-0.25, -0.2) is 4.39 Å². The van der Waals surface area contributed by atoms with Crippen LogP contribution in [0.4, 0.5) is 10.1 Å². The minimum atomic E-state index is -0.750. The van der Waals surface area contributed by atoms with E-state index in [2.05, 4.69) is 0 Å². The molecule has 0 heterocycles. The Morgan fingerprint density at radius 3 is 2.89 bits per heavy atom. The van der Waals surface area contributed by atoms with Crippen LogP contribution in [0.15, 0.2) is 18.2 Å². The number of aliphatic carboxylic acids is 1. The lowest BCUT2D eigenvalue weighted by atomic mass is 10.2. The van der Waals surface area contributed by atoms with E-state index in [4.69, 9.17) is 9.84 Å². The lowest BCUT2D eigenvalue weighted by Crippen LogP contribution is -2.22. The predicted molar refractivity (Wildman–Crippen MR) is 65.5 cm³/mol. The van der Waals surface area contributed by atoms with E-state index in [1.165, 1.54) is 19.2 Å². The van der Waals surface area contributed by atoms with E-state index in [0.717, 1.165) is 0 Å². The van der Waals surface area contributed by atoms with Gasteiger partial charge in [0.25, 0.3) is 0 Å². The van der Waals surface area contributed by atoms with Crippen LogP contribution in [0.2, 0.25) is 0 Å². The Morgan fingerprint density at radius 1 is 1.61 bits per heavy atom. The molecule has 2 rings (SSSR count). The summed E-state index contributed by atoms with van der Waals surface area (Å²) in [7, 11) is 3.34. The Labute approximate surface area is 105 Å². The fourth-order valence-corrected chi connectivity index (χ4v) is 2.16. The number of ether oxygens (including phenoxy) is 1. The third kappa shape index (κ3) is 2.55. The van der Waals surface area contributed by atoms with Crippen molar-refractivity contribution in [1.82, 2.24) is 0 Å². The summed E-state index contributed by atoms with van der Waals surface area (Å²) in [5.74, 6) is -0.609. The van der Waals surface area contributed by atoms with Crippen LogP contribution in [0, 0.1) is 17.7 Å². The molecule has 0 spiro atoms. The predicted octanol–water partition coefficient (Wildman–Crippen LogP) is 1.99. The van der Waals surface area contributed by atoms with E-state index in [-0.39, 0.29) is 17.7 Å². The van der Waals surface area contributed by atoms with Crippen LogP contribution in [0.1, 0.15) is 6.42 Å². The third-order valence-electron chi connectivity index (χ3n) is 3.30. The molecule has 0 aromatic heterocycles. The second kappa shape index (κ2) is 4.84. The third-order valence-corrected chi connectivity index (χ3v) is 3.30. The molecule has 0 saturated heterocycles. The molecule has 0 radical (unpaired) electrons. The Hall–Kier alpha value is -1.78. The number of hydrogen-bond acceptors (Lipinski definition) is 3. The van der Waals surface area contributed by atoms with E-state index in [9.17, 15) is 9.18 Å². The van der Waals surface area contributed by atoms with Crippen LogP contribution >= 0.6 is 0 Å². The molecule has 2 atom stereocenters. The largest absolute Gasteiger partial charge is 0.495 e. The van der Waals surface area contributed by atoms with E-state index in [1.54, 1.807) is 6.07 Å². The summed E-state index contributed by atoms with van der Waals surface area (Å²) in [5, 5.41) is 8.85. The standard InChI is InChI=1S/C13H16FNO3/c1-15(7-8-5-10(8)13(16)17)11-6-9(14)3-4-12(11)18-2/h3-4,6,8,10H,5,7H2,1-2H3,(H,16,17). The average molecular weight is 253 g/mol. The van der Waals surface area contributed by atoms with Gasteiger partial charge in [0.1, 0.15) is 11.6 Å². The Bertz CT molecular complexity index is 464. The average Bonchev–Trinajstić information content (AvgIpc) is 3.08. The van der Waals surface area contributed by atoms with Gasteiger partial charge in [0, 0.05) is 19.7 Å². The number of methoxy groups -OCH3 is 1. The van der Waals surface area contributed by atoms with Gasteiger partial charge in [-0.05, 0) is 24.5 Å². The van der Waals surface area contributed by atoms with Crippen molar-refractivity contribution in [2.24, 2.45) is 11.8 Å². The van der Waals surface area contributed by atoms with E-state index >= 15 is 0 Å². The first-order valence-corrected chi connectivity index (χ1v) is 5.80. The van der Waals surface area contributed by atoms with Gasteiger partial charge < -0.3 is 14.7 Å². The van der Waals surface area contributed by atoms with Crippen LogP contribution in [0.5, 0.6) is 5.75 Å². The molecule has 1 aromatic carbocycles. The number of rotatable bonds is 5. The second-order valence-electron chi connectivity index (χ2n) is 4.64. The van der Waals surface area contributed by atoms with E-state index in [0.29, 0.717) is 24.4 Å². The number of carboxylic acids is 1.